The minimum atomic E-state index is -3.40. The molecule has 23 heavy (non-hydrogen) atoms. The van der Waals surface area contributed by atoms with Gasteiger partial charge in [-0.05, 0) is 18.5 Å². The Bertz CT molecular complexity index is 884. The Morgan fingerprint density at radius 2 is 2.17 bits per heavy atom. The monoisotopic (exact) mass is 382 g/mol. The highest BCUT2D eigenvalue weighted by Crippen LogP contribution is 2.35. The lowest BCUT2D eigenvalue weighted by molar-refractivity contribution is 0.184. The molecule has 0 spiro atoms. The lowest BCUT2D eigenvalue weighted by atomic mass is 10.3. The van der Waals surface area contributed by atoms with Crippen LogP contribution in [0, 0.1) is 0 Å². The van der Waals surface area contributed by atoms with Crippen molar-refractivity contribution >= 4 is 40.8 Å². The zero-order valence-electron chi connectivity index (χ0n) is 18.6. The molecule has 0 fully saturated rings. The molecule has 0 aliphatic heterocycles. The summed E-state index contributed by atoms with van der Waals surface area (Å²) in [5, 5.41) is 0.401. The Balaban J connectivity index is 2.33. The Kier molecular flexibility index (Phi) is 3.83. The summed E-state index contributed by atoms with van der Waals surface area (Å²) in [6.07, 6.45) is 0.147. The van der Waals surface area contributed by atoms with Gasteiger partial charge in [-0.1, -0.05) is 41.7 Å². The van der Waals surface area contributed by atoms with Crippen molar-refractivity contribution in [1.29, 1.82) is 0 Å². The van der Waals surface area contributed by atoms with E-state index in [9.17, 15) is 4.79 Å². The molecular formula is C15H16Cl3N3O2. The Labute approximate surface area is 159 Å². The van der Waals surface area contributed by atoms with Crippen LogP contribution in [-0.2, 0) is 0 Å². The third kappa shape index (κ3) is 4.77. The zero-order valence-corrected chi connectivity index (χ0v) is 13.9. The van der Waals surface area contributed by atoms with Crippen LogP contribution in [0.2, 0.25) is 15.1 Å². The van der Waals surface area contributed by atoms with Crippen LogP contribution in [0.1, 0.15) is 22.8 Å². The molecule has 1 amide bonds. The number of benzene rings is 1. The van der Waals surface area contributed by atoms with Crippen molar-refractivity contribution in [1.82, 2.24) is 14.5 Å². The van der Waals surface area contributed by atoms with Crippen molar-refractivity contribution in [2.75, 3.05) is 19.6 Å². The first-order valence-corrected chi connectivity index (χ1v) is 7.41. The summed E-state index contributed by atoms with van der Waals surface area (Å²) >= 11 is 17.9. The quantitative estimate of drug-likeness (QED) is 0.732. The molecular weight excluding hydrogens is 361 g/mol. The van der Waals surface area contributed by atoms with E-state index in [1.54, 1.807) is 0 Å². The summed E-state index contributed by atoms with van der Waals surface area (Å²) in [7, 11) is 0. The number of carbonyl (C=O) groups is 1. The summed E-state index contributed by atoms with van der Waals surface area (Å²) in [6, 6.07) is 1.69. The molecule has 1 aromatic carbocycles. The second-order valence-electron chi connectivity index (χ2n) is 4.19. The molecule has 2 aromatic rings. The Morgan fingerprint density at radius 3 is 2.78 bits per heavy atom. The fourth-order valence-corrected chi connectivity index (χ4v) is 2.61. The van der Waals surface area contributed by atoms with Gasteiger partial charge in [-0.2, -0.15) is 0 Å². The average Bonchev–Trinajstić information content (AvgIpc) is 3.13. The summed E-state index contributed by atoms with van der Waals surface area (Å²) in [5.74, 6) is 0.0251. The number of amides is 1. The fraction of sp³-hybridized carbons (Fsp3) is 0.333. The number of aromatic nitrogens is 2. The van der Waals surface area contributed by atoms with Crippen molar-refractivity contribution in [3.05, 3.63) is 45.9 Å². The van der Waals surface area contributed by atoms with E-state index >= 15 is 0 Å². The van der Waals surface area contributed by atoms with Gasteiger partial charge in [0.25, 0.3) is 0 Å². The molecule has 0 atom stereocenters. The van der Waals surface area contributed by atoms with Gasteiger partial charge in [-0.25, -0.2) is 9.78 Å². The van der Waals surface area contributed by atoms with Crippen LogP contribution in [0.5, 0.6) is 5.75 Å². The summed E-state index contributed by atoms with van der Waals surface area (Å²) < 4.78 is 60.4. The molecule has 0 unspecified atom stereocenters. The van der Waals surface area contributed by atoms with Gasteiger partial charge in [0.05, 0.1) is 16.6 Å². The van der Waals surface area contributed by atoms with E-state index < -0.39 is 32.3 Å². The third-order valence-electron chi connectivity index (χ3n) is 2.67. The lowest BCUT2D eigenvalue weighted by Gasteiger charge is -2.22. The smallest absolute Gasteiger partial charge is 0.329 e. The van der Waals surface area contributed by atoms with Crippen LogP contribution in [0.25, 0.3) is 0 Å². The van der Waals surface area contributed by atoms with E-state index in [1.165, 1.54) is 24.5 Å². The minimum absolute atomic E-state index is 0.0251. The molecule has 2 rings (SSSR count). The fourth-order valence-electron chi connectivity index (χ4n) is 1.68. The van der Waals surface area contributed by atoms with Gasteiger partial charge >= 0.3 is 6.03 Å². The molecule has 8 heteroatoms. The summed E-state index contributed by atoms with van der Waals surface area (Å²) in [5.41, 5.74) is 0. The number of hydrogen-bond acceptors (Lipinski definition) is 3. The standard InChI is InChI=1S/C15H16Cl3N3O2/c1-2-4-20(15(22)21-5-3-19-10-21)6-7-23-14-12(17)8-11(16)9-13(14)18/h3,5,8-10H,2,4,6-7H2,1H3/i1D3,2D2,4D2. The lowest BCUT2D eigenvalue weighted by Crippen LogP contribution is -2.37. The molecule has 1 heterocycles. The second kappa shape index (κ2) is 8.43. The van der Waals surface area contributed by atoms with Gasteiger partial charge in [0, 0.05) is 33.5 Å². The van der Waals surface area contributed by atoms with E-state index in [0.717, 1.165) is 10.9 Å². The number of ether oxygens (including phenoxy) is 1. The first-order valence-electron chi connectivity index (χ1n) is 9.77. The maximum absolute atomic E-state index is 12.8. The molecule has 124 valence electrons. The van der Waals surface area contributed by atoms with Crippen molar-refractivity contribution < 1.29 is 19.1 Å². The number of nitrogens with zero attached hydrogens (tertiary/aromatic N) is 3. The van der Waals surface area contributed by atoms with Gasteiger partial charge < -0.3 is 9.64 Å². The van der Waals surface area contributed by atoms with E-state index in [0.29, 0.717) is 4.90 Å². The zero-order chi connectivity index (χ0) is 22.9. The second-order valence-corrected chi connectivity index (χ2v) is 5.44. The maximum atomic E-state index is 12.8. The van der Waals surface area contributed by atoms with Crippen LogP contribution in [-0.4, -0.2) is 40.1 Å². The number of rotatable bonds is 6. The molecule has 0 saturated carbocycles. The van der Waals surface area contributed by atoms with Crippen LogP contribution in [0.4, 0.5) is 4.79 Å². The Morgan fingerprint density at radius 1 is 1.43 bits per heavy atom. The summed E-state index contributed by atoms with van der Waals surface area (Å²) in [6.45, 7) is -7.50. The number of hydrogen-bond donors (Lipinski definition) is 0. The molecule has 1 aromatic heterocycles. The number of imidazole rings is 1. The summed E-state index contributed by atoms with van der Waals surface area (Å²) in [4.78, 5) is 16.9. The third-order valence-corrected chi connectivity index (χ3v) is 3.45. The first kappa shape index (κ1) is 10.4. The molecule has 5 nitrogen and oxygen atoms in total. The minimum Gasteiger partial charge on any atom is -0.489 e. The molecule has 0 aliphatic rings. The van der Waals surface area contributed by atoms with Gasteiger partial charge in [0.1, 0.15) is 12.9 Å². The van der Waals surface area contributed by atoms with E-state index in [2.05, 4.69) is 4.98 Å². The number of carbonyl (C=O) groups excluding carboxylic acids is 1. The van der Waals surface area contributed by atoms with Crippen molar-refractivity contribution in [2.45, 2.75) is 13.2 Å². The molecule has 0 radical (unpaired) electrons. The van der Waals surface area contributed by atoms with Crippen LogP contribution >= 0.6 is 34.8 Å². The molecule has 0 N–H and O–H groups in total. The highest BCUT2D eigenvalue weighted by atomic mass is 35.5. The first-order chi connectivity index (χ1) is 13.7. The largest absolute Gasteiger partial charge is 0.489 e. The average molecular weight is 384 g/mol. The van der Waals surface area contributed by atoms with E-state index in [4.69, 9.17) is 49.1 Å². The van der Waals surface area contributed by atoms with Crippen LogP contribution < -0.4 is 4.74 Å². The predicted octanol–water partition coefficient (Wildman–Crippen LogP) is 4.60. The highest BCUT2D eigenvalue weighted by Gasteiger charge is 2.15. The van der Waals surface area contributed by atoms with E-state index in [1.807, 2.05) is 0 Å². The van der Waals surface area contributed by atoms with E-state index in [-0.39, 0.29) is 27.4 Å². The molecule has 0 saturated heterocycles. The van der Waals surface area contributed by atoms with Gasteiger partial charge in [0.15, 0.2) is 5.75 Å². The van der Waals surface area contributed by atoms with Gasteiger partial charge in [-0.15, -0.1) is 0 Å². The van der Waals surface area contributed by atoms with Crippen molar-refractivity contribution in [3.63, 3.8) is 0 Å². The van der Waals surface area contributed by atoms with Gasteiger partial charge in [0.2, 0.25) is 0 Å². The highest BCUT2D eigenvalue weighted by molar-refractivity contribution is 6.40. The van der Waals surface area contributed by atoms with Crippen molar-refractivity contribution in [3.8, 4) is 5.75 Å². The number of halogens is 3. The van der Waals surface area contributed by atoms with Crippen LogP contribution in [0.3, 0.4) is 0 Å². The topological polar surface area (TPSA) is 47.4 Å². The Hall–Kier alpha value is -1.43. The predicted molar refractivity (Wildman–Crippen MR) is 91.9 cm³/mol. The molecule has 0 bridgehead atoms. The SMILES string of the molecule is [2H]C([2H])([2H])C([2H])([2H])C([2H])([2H])N(CCOc1c(Cl)cc(Cl)cc1Cl)C(=O)n1ccnc1. The normalized spacial score (nSPS) is 16.9. The van der Waals surface area contributed by atoms with Gasteiger partial charge in [-0.3, -0.25) is 4.57 Å². The maximum Gasteiger partial charge on any atom is 0.329 e. The van der Waals surface area contributed by atoms with Crippen LogP contribution in [0.15, 0.2) is 30.9 Å². The van der Waals surface area contributed by atoms with Crippen molar-refractivity contribution in [2.24, 2.45) is 0 Å². The molecule has 0 aliphatic carbocycles.